The summed E-state index contributed by atoms with van der Waals surface area (Å²) in [6.07, 6.45) is 5.31. The Morgan fingerprint density at radius 2 is 2.20 bits per heavy atom. The number of oxazole rings is 1. The molecule has 1 aliphatic heterocycles. The van der Waals surface area contributed by atoms with Gasteiger partial charge < -0.3 is 9.73 Å². The molecule has 1 aliphatic rings. The number of hydrogen-bond donors (Lipinski definition) is 1. The molecule has 2 unspecified atom stereocenters. The van der Waals surface area contributed by atoms with Crippen LogP contribution >= 0.6 is 0 Å². The van der Waals surface area contributed by atoms with E-state index in [4.69, 9.17) is 4.42 Å². The summed E-state index contributed by atoms with van der Waals surface area (Å²) in [4.78, 5) is 4.28. The topological polar surface area (TPSA) is 38.1 Å². The molecule has 20 heavy (non-hydrogen) atoms. The molecule has 1 fully saturated rings. The number of nitrogens with one attached hydrogen (secondary N) is 1. The fraction of sp³-hybridized carbons (Fsp3) is 0.438. The monoisotopic (exact) mass is 274 g/mol. The SMILES string of the molecule is CC(C)(c1ncco1)C1CCC(c2cccc(F)c2)N1. The van der Waals surface area contributed by atoms with Crippen LogP contribution in [0.15, 0.2) is 41.1 Å². The van der Waals surface area contributed by atoms with E-state index in [0.29, 0.717) is 0 Å². The summed E-state index contributed by atoms with van der Waals surface area (Å²) in [5.41, 5.74) is 0.835. The molecule has 1 N–H and O–H groups in total. The molecule has 3 rings (SSSR count). The average molecular weight is 274 g/mol. The van der Waals surface area contributed by atoms with Gasteiger partial charge >= 0.3 is 0 Å². The Kier molecular flexibility index (Phi) is 3.34. The lowest BCUT2D eigenvalue weighted by molar-refractivity contribution is 0.290. The minimum atomic E-state index is -0.181. The van der Waals surface area contributed by atoms with E-state index in [1.807, 2.05) is 6.07 Å². The van der Waals surface area contributed by atoms with Crippen molar-refractivity contribution in [3.8, 4) is 0 Å². The van der Waals surface area contributed by atoms with Crippen molar-refractivity contribution in [1.29, 1.82) is 0 Å². The molecule has 0 bridgehead atoms. The summed E-state index contributed by atoms with van der Waals surface area (Å²) in [7, 11) is 0. The van der Waals surface area contributed by atoms with Gasteiger partial charge in [0.1, 0.15) is 12.1 Å². The van der Waals surface area contributed by atoms with Gasteiger partial charge in [0.05, 0.1) is 11.6 Å². The van der Waals surface area contributed by atoms with Crippen LogP contribution in [0.5, 0.6) is 0 Å². The van der Waals surface area contributed by atoms with E-state index >= 15 is 0 Å². The Morgan fingerprint density at radius 1 is 1.35 bits per heavy atom. The molecule has 0 saturated carbocycles. The van der Waals surface area contributed by atoms with Gasteiger partial charge in [-0.25, -0.2) is 9.37 Å². The molecular weight excluding hydrogens is 255 g/mol. The summed E-state index contributed by atoms with van der Waals surface area (Å²) in [5.74, 6) is 0.564. The summed E-state index contributed by atoms with van der Waals surface area (Å²) in [6.45, 7) is 4.26. The lowest BCUT2D eigenvalue weighted by Crippen LogP contribution is -2.41. The van der Waals surface area contributed by atoms with Gasteiger partial charge in [-0.2, -0.15) is 0 Å². The Balaban J connectivity index is 1.77. The number of halogens is 1. The average Bonchev–Trinajstić information content (AvgIpc) is 3.11. The van der Waals surface area contributed by atoms with Crippen molar-refractivity contribution in [2.24, 2.45) is 0 Å². The maximum Gasteiger partial charge on any atom is 0.201 e. The van der Waals surface area contributed by atoms with Gasteiger partial charge in [0.2, 0.25) is 5.89 Å². The first kappa shape index (κ1) is 13.3. The van der Waals surface area contributed by atoms with E-state index in [9.17, 15) is 4.39 Å². The molecule has 2 aromatic rings. The third kappa shape index (κ3) is 2.36. The highest BCUT2D eigenvalue weighted by atomic mass is 19.1. The largest absolute Gasteiger partial charge is 0.448 e. The summed E-state index contributed by atoms with van der Waals surface area (Å²) in [6, 6.07) is 7.30. The minimum Gasteiger partial charge on any atom is -0.448 e. The fourth-order valence-corrected chi connectivity index (χ4v) is 2.99. The van der Waals surface area contributed by atoms with E-state index < -0.39 is 0 Å². The van der Waals surface area contributed by atoms with Gasteiger partial charge in [0.15, 0.2) is 0 Å². The smallest absolute Gasteiger partial charge is 0.201 e. The highest BCUT2D eigenvalue weighted by Gasteiger charge is 2.40. The second-order valence-electron chi connectivity index (χ2n) is 5.96. The van der Waals surface area contributed by atoms with Crippen LogP contribution in [0.3, 0.4) is 0 Å². The van der Waals surface area contributed by atoms with Crippen LogP contribution in [0, 0.1) is 5.82 Å². The van der Waals surface area contributed by atoms with E-state index in [0.717, 1.165) is 24.3 Å². The van der Waals surface area contributed by atoms with Crippen molar-refractivity contribution in [3.05, 3.63) is 54.0 Å². The van der Waals surface area contributed by atoms with Crippen molar-refractivity contribution in [2.45, 2.75) is 44.2 Å². The molecule has 0 spiro atoms. The molecule has 4 heteroatoms. The standard InChI is InChI=1S/C16H19FN2O/c1-16(2,15-18-8-9-20-15)14-7-6-13(19-14)11-4-3-5-12(17)10-11/h3-5,8-10,13-14,19H,6-7H2,1-2H3. The highest BCUT2D eigenvalue weighted by molar-refractivity contribution is 5.22. The van der Waals surface area contributed by atoms with Gasteiger partial charge in [-0.15, -0.1) is 0 Å². The Bertz CT molecular complexity index is 580. The Labute approximate surface area is 118 Å². The summed E-state index contributed by atoms with van der Waals surface area (Å²) in [5, 5.41) is 3.60. The third-order valence-corrected chi connectivity index (χ3v) is 4.25. The molecule has 1 aromatic carbocycles. The normalized spacial score (nSPS) is 23.1. The predicted molar refractivity (Wildman–Crippen MR) is 74.8 cm³/mol. The molecule has 0 aliphatic carbocycles. The zero-order valence-corrected chi connectivity index (χ0v) is 11.8. The predicted octanol–water partition coefficient (Wildman–Crippen LogP) is 3.58. The lowest BCUT2D eigenvalue weighted by atomic mass is 9.83. The minimum absolute atomic E-state index is 0.175. The van der Waals surface area contributed by atoms with Gasteiger partial charge in [-0.05, 0) is 44.4 Å². The first-order chi connectivity index (χ1) is 9.57. The van der Waals surface area contributed by atoms with Gasteiger partial charge in [0, 0.05) is 12.1 Å². The van der Waals surface area contributed by atoms with Crippen molar-refractivity contribution in [1.82, 2.24) is 10.3 Å². The van der Waals surface area contributed by atoms with Crippen molar-refractivity contribution >= 4 is 0 Å². The van der Waals surface area contributed by atoms with Crippen LogP contribution < -0.4 is 5.32 Å². The molecule has 1 saturated heterocycles. The molecular formula is C16H19FN2O. The molecule has 3 nitrogen and oxygen atoms in total. The Morgan fingerprint density at radius 3 is 2.90 bits per heavy atom. The highest BCUT2D eigenvalue weighted by Crippen LogP contribution is 2.36. The maximum absolute atomic E-state index is 13.3. The molecule has 2 heterocycles. The molecule has 2 atom stereocenters. The summed E-state index contributed by atoms with van der Waals surface area (Å²) < 4.78 is 18.8. The maximum atomic E-state index is 13.3. The van der Waals surface area contributed by atoms with Crippen molar-refractivity contribution < 1.29 is 8.81 Å². The molecule has 1 aromatic heterocycles. The van der Waals surface area contributed by atoms with E-state index in [2.05, 4.69) is 24.1 Å². The zero-order valence-electron chi connectivity index (χ0n) is 11.8. The third-order valence-electron chi connectivity index (χ3n) is 4.25. The first-order valence-electron chi connectivity index (χ1n) is 6.99. The van der Waals surface area contributed by atoms with E-state index in [1.165, 1.54) is 6.07 Å². The van der Waals surface area contributed by atoms with Crippen LogP contribution in [0.2, 0.25) is 0 Å². The number of benzene rings is 1. The van der Waals surface area contributed by atoms with Gasteiger partial charge in [0.25, 0.3) is 0 Å². The summed E-state index contributed by atoms with van der Waals surface area (Å²) >= 11 is 0. The quantitative estimate of drug-likeness (QED) is 0.929. The van der Waals surface area contributed by atoms with E-state index in [1.54, 1.807) is 24.6 Å². The number of hydrogen-bond acceptors (Lipinski definition) is 3. The fourth-order valence-electron chi connectivity index (χ4n) is 2.99. The van der Waals surface area contributed by atoms with Crippen LogP contribution in [0.1, 0.15) is 44.2 Å². The number of nitrogens with zero attached hydrogens (tertiary/aromatic N) is 1. The molecule has 0 radical (unpaired) electrons. The first-order valence-corrected chi connectivity index (χ1v) is 6.99. The van der Waals surface area contributed by atoms with Crippen molar-refractivity contribution in [2.75, 3.05) is 0 Å². The van der Waals surface area contributed by atoms with Gasteiger partial charge in [-0.3, -0.25) is 0 Å². The van der Waals surface area contributed by atoms with Crippen molar-refractivity contribution in [3.63, 3.8) is 0 Å². The Hall–Kier alpha value is -1.68. The molecule has 0 amide bonds. The lowest BCUT2D eigenvalue weighted by Gasteiger charge is -2.29. The number of rotatable bonds is 3. The van der Waals surface area contributed by atoms with Gasteiger partial charge in [-0.1, -0.05) is 12.1 Å². The van der Waals surface area contributed by atoms with Crippen LogP contribution in [0.4, 0.5) is 4.39 Å². The second kappa shape index (κ2) is 5.02. The van der Waals surface area contributed by atoms with E-state index in [-0.39, 0.29) is 23.3 Å². The van der Waals surface area contributed by atoms with Crippen LogP contribution in [-0.2, 0) is 5.41 Å². The van der Waals surface area contributed by atoms with Crippen LogP contribution in [0.25, 0.3) is 0 Å². The second-order valence-corrected chi connectivity index (χ2v) is 5.96. The number of aromatic nitrogens is 1. The molecule has 106 valence electrons. The zero-order chi connectivity index (χ0) is 14.2. The van der Waals surface area contributed by atoms with Crippen LogP contribution in [-0.4, -0.2) is 11.0 Å².